The Balaban J connectivity index is 4.17. The van der Waals surface area contributed by atoms with Crippen molar-refractivity contribution in [2.75, 3.05) is 6.54 Å². The molecule has 0 aromatic heterocycles. The zero-order chi connectivity index (χ0) is 22.4. The van der Waals surface area contributed by atoms with Gasteiger partial charge in [0.2, 0.25) is 5.91 Å². The molecule has 1 atom stereocenters. The number of hydrogen-bond acceptors (Lipinski definition) is 2. The van der Waals surface area contributed by atoms with Crippen molar-refractivity contribution in [2.24, 2.45) is 0 Å². The summed E-state index contributed by atoms with van der Waals surface area (Å²) in [5.41, 5.74) is 4.04. The van der Waals surface area contributed by atoms with Crippen LogP contribution >= 0.6 is 7.60 Å². The van der Waals surface area contributed by atoms with Crippen molar-refractivity contribution in [2.45, 2.75) is 85.7 Å². The quantitative estimate of drug-likeness (QED) is 0.256. The lowest BCUT2D eigenvalue weighted by atomic mass is 10.0. The van der Waals surface area contributed by atoms with Crippen LogP contribution in [0.2, 0.25) is 0 Å². The molecule has 1 unspecified atom stereocenters. The second-order valence-electron chi connectivity index (χ2n) is 8.06. The van der Waals surface area contributed by atoms with Crippen LogP contribution in [0.15, 0.2) is 46.6 Å². The molecule has 29 heavy (non-hydrogen) atoms. The van der Waals surface area contributed by atoms with E-state index in [1.54, 1.807) is 0 Å². The fraction of sp³-hybridized carbons (Fsp3) is 0.609. The summed E-state index contributed by atoms with van der Waals surface area (Å²) in [5.74, 6) is -0.623. The summed E-state index contributed by atoms with van der Waals surface area (Å²) in [7, 11) is -4.38. The SMILES string of the molecule is CC(C)=CCC/C(C)=C/CC/C(C)=C/CC/C(C)=C/CNC(=O)C(C)P(=O)(O)O. The van der Waals surface area contributed by atoms with Gasteiger partial charge >= 0.3 is 7.60 Å². The fourth-order valence-corrected chi connectivity index (χ4v) is 3.01. The zero-order valence-electron chi connectivity index (χ0n) is 19.0. The Morgan fingerprint density at radius 2 is 1.24 bits per heavy atom. The first-order chi connectivity index (χ1) is 13.4. The van der Waals surface area contributed by atoms with Gasteiger partial charge < -0.3 is 15.1 Å². The van der Waals surface area contributed by atoms with Gasteiger partial charge in [0.05, 0.1) is 0 Å². The molecule has 0 aromatic carbocycles. The average molecular weight is 426 g/mol. The molecule has 166 valence electrons. The van der Waals surface area contributed by atoms with Crippen LogP contribution in [-0.4, -0.2) is 27.9 Å². The van der Waals surface area contributed by atoms with Gasteiger partial charge in [0.1, 0.15) is 5.66 Å². The van der Waals surface area contributed by atoms with Crippen LogP contribution in [0.1, 0.15) is 80.1 Å². The van der Waals surface area contributed by atoms with Crippen LogP contribution in [0, 0.1) is 0 Å². The smallest absolute Gasteiger partial charge is 0.337 e. The molecule has 0 spiro atoms. The maximum absolute atomic E-state index is 11.7. The topological polar surface area (TPSA) is 86.6 Å². The number of nitrogens with one attached hydrogen (secondary N) is 1. The highest BCUT2D eigenvalue weighted by molar-refractivity contribution is 7.53. The summed E-state index contributed by atoms with van der Waals surface area (Å²) >= 11 is 0. The van der Waals surface area contributed by atoms with Gasteiger partial charge in [-0.15, -0.1) is 0 Å². The minimum absolute atomic E-state index is 0.286. The molecule has 5 nitrogen and oxygen atoms in total. The van der Waals surface area contributed by atoms with E-state index in [9.17, 15) is 9.36 Å². The third kappa shape index (κ3) is 15.1. The van der Waals surface area contributed by atoms with E-state index < -0.39 is 19.2 Å². The van der Waals surface area contributed by atoms with Crippen molar-refractivity contribution < 1.29 is 19.1 Å². The summed E-state index contributed by atoms with van der Waals surface area (Å²) in [5, 5.41) is 2.55. The van der Waals surface area contributed by atoms with Crippen LogP contribution in [0.3, 0.4) is 0 Å². The van der Waals surface area contributed by atoms with Gasteiger partial charge in [-0.1, -0.05) is 46.6 Å². The van der Waals surface area contributed by atoms with Crippen molar-refractivity contribution in [1.29, 1.82) is 0 Å². The van der Waals surface area contributed by atoms with Crippen molar-refractivity contribution >= 4 is 13.5 Å². The molecule has 0 bridgehead atoms. The van der Waals surface area contributed by atoms with E-state index in [1.807, 2.05) is 13.0 Å². The van der Waals surface area contributed by atoms with Crippen LogP contribution in [0.5, 0.6) is 0 Å². The Labute approximate surface area is 177 Å². The van der Waals surface area contributed by atoms with Gasteiger partial charge in [0, 0.05) is 6.54 Å². The van der Waals surface area contributed by atoms with Gasteiger partial charge in [-0.3, -0.25) is 9.36 Å². The predicted octanol–water partition coefficient (Wildman–Crippen LogP) is 5.81. The van der Waals surface area contributed by atoms with Gasteiger partial charge in [-0.05, 0) is 80.1 Å². The number of amides is 1. The number of carbonyl (C=O) groups excluding carboxylic acids is 1. The van der Waals surface area contributed by atoms with Crippen LogP contribution in [-0.2, 0) is 9.36 Å². The minimum atomic E-state index is -4.38. The molecule has 0 fully saturated rings. The number of hydrogen-bond donors (Lipinski definition) is 3. The Bertz CT molecular complexity index is 679. The molecule has 0 heterocycles. The molecular weight excluding hydrogens is 385 g/mol. The maximum Gasteiger partial charge on any atom is 0.337 e. The van der Waals surface area contributed by atoms with Crippen molar-refractivity contribution in [3.63, 3.8) is 0 Å². The fourth-order valence-electron chi connectivity index (χ4n) is 2.61. The first-order valence-corrected chi connectivity index (χ1v) is 12.0. The second-order valence-corrected chi connectivity index (χ2v) is 10.0. The molecule has 0 aromatic rings. The molecule has 0 aliphatic heterocycles. The summed E-state index contributed by atoms with van der Waals surface area (Å²) in [4.78, 5) is 29.7. The summed E-state index contributed by atoms with van der Waals surface area (Å²) < 4.78 is 11.1. The molecule has 0 aliphatic carbocycles. The van der Waals surface area contributed by atoms with Gasteiger partial charge in [0.25, 0.3) is 0 Å². The van der Waals surface area contributed by atoms with E-state index in [2.05, 4.69) is 51.2 Å². The molecule has 0 saturated carbocycles. The average Bonchev–Trinajstić information content (AvgIpc) is 2.59. The molecule has 0 saturated heterocycles. The van der Waals surface area contributed by atoms with Crippen molar-refractivity contribution in [3.05, 3.63) is 46.6 Å². The zero-order valence-corrected chi connectivity index (χ0v) is 19.9. The molecule has 6 heteroatoms. The summed E-state index contributed by atoms with van der Waals surface area (Å²) in [6.45, 7) is 12.1. The minimum Gasteiger partial charge on any atom is -0.352 e. The summed E-state index contributed by atoms with van der Waals surface area (Å²) in [6, 6.07) is 0. The van der Waals surface area contributed by atoms with Crippen molar-refractivity contribution in [1.82, 2.24) is 5.32 Å². The molecule has 0 radical (unpaired) electrons. The number of carbonyl (C=O) groups is 1. The molecule has 0 rings (SSSR count). The lowest BCUT2D eigenvalue weighted by molar-refractivity contribution is -0.120. The highest BCUT2D eigenvalue weighted by Gasteiger charge is 2.30. The van der Waals surface area contributed by atoms with E-state index in [0.29, 0.717) is 0 Å². The highest BCUT2D eigenvalue weighted by Crippen LogP contribution is 2.40. The third-order valence-electron chi connectivity index (χ3n) is 4.76. The van der Waals surface area contributed by atoms with E-state index in [-0.39, 0.29) is 6.54 Å². The number of rotatable bonds is 13. The van der Waals surface area contributed by atoms with Gasteiger partial charge in [-0.25, -0.2) is 0 Å². The Hall–Kier alpha value is -1.42. The Morgan fingerprint density at radius 3 is 1.66 bits per heavy atom. The lowest BCUT2D eigenvalue weighted by Crippen LogP contribution is -2.32. The highest BCUT2D eigenvalue weighted by atomic mass is 31.2. The third-order valence-corrected chi connectivity index (χ3v) is 6.01. The summed E-state index contributed by atoms with van der Waals surface area (Å²) in [6.07, 6.45) is 15.0. The van der Waals surface area contributed by atoms with Gasteiger partial charge in [0.15, 0.2) is 0 Å². The molecule has 1 amide bonds. The molecule has 3 N–H and O–H groups in total. The van der Waals surface area contributed by atoms with Crippen LogP contribution in [0.25, 0.3) is 0 Å². The monoisotopic (exact) mass is 425 g/mol. The normalized spacial score (nSPS) is 14.6. The van der Waals surface area contributed by atoms with E-state index in [4.69, 9.17) is 9.79 Å². The van der Waals surface area contributed by atoms with Gasteiger partial charge in [-0.2, -0.15) is 0 Å². The van der Waals surface area contributed by atoms with Crippen LogP contribution in [0.4, 0.5) is 0 Å². The maximum atomic E-state index is 11.7. The first kappa shape index (κ1) is 27.6. The Kier molecular flexibility index (Phi) is 13.8. The molecule has 0 aliphatic rings. The first-order valence-electron chi connectivity index (χ1n) is 10.4. The predicted molar refractivity (Wildman–Crippen MR) is 123 cm³/mol. The Morgan fingerprint density at radius 1 is 0.828 bits per heavy atom. The van der Waals surface area contributed by atoms with E-state index in [0.717, 1.165) is 44.1 Å². The van der Waals surface area contributed by atoms with E-state index in [1.165, 1.54) is 23.6 Å². The van der Waals surface area contributed by atoms with Crippen LogP contribution < -0.4 is 5.32 Å². The standard InChI is InChI=1S/C23H40NO4P/c1-18(2)10-7-11-19(3)12-8-13-20(4)14-9-15-21(5)16-17-24-23(25)22(6)29(26,27)28/h10,12,14,16,22H,7-9,11,13,15,17H2,1-6H3,(H,24,25)(H2,26,27,28)/b19-12+,20-14+,21-16+. The molecular formula is C23H40NO4P. The second kappa shape index (κ2) is 14.5. The number of allylic oxidation sites excluding steroid dienone is 7. The lowest BCUT2D eigenvalue weighted by Gasteiger charge is -2.12. The largest absolute Gasteiger partial charge is 0.352 e. The van der Waals surface area contributed by atoms with Crippen molar-refractivity contribution in [3.8, 4) is 0 Å². The van der Waals surface area contributed by atoms with E-state index >= 15 is 0 Å².